The number of nitrogens with zero attached hydrogens (tertiary/aromatic N) is 3. The molecule has 3 rings (SSSR count). The molecule has 2 heterocycles. The average Bonchev–Trinajstić information content (AvgIpc) is 3.20. The van der Waals surface area contributed by atoms with Gasteiger partial charge in [-0.05, 0) is 49.6 Å². The number of nitrogens with one attached hydrogen (secondary N) is 1. The summed E-state index contributed by atoms with van der Waals surface area (Å²) in [4.78, 5) is 14.4. The quantitative estimate of drug-likeness (QED) is 0.917. The Morgan fingerprint density at radius 2 is 1.96 bits per heavy atom. The number of benzene rings is 1. The standard InChI is InChI=1S/C17H19F3N4O/c1-12-10-13(23-7-2-3-8-23)4-5-14(12)21-16(25)11-24-9-6-15(22-24)17(18,19)20/h4-6,9-10H,2-3,7-8,11H2,1H3,(H,21,25). The molecule has 1 aromatic heterocycles. The highest BCUT2D eigenvalue weighted by Gasteiger charge is 2.33. The highest BCUT2D eigenvalue weighted by atomic mass is 19.4. The highest BCUT2D eigenvalue weighted by Crippen LogP contribution is 2.27. The van der Waals surface area contributed by atoms with Crippen LogP contribution in [0.2, 0.25) is 0 Å². The van der Waals surface area contributed by atoms with Crippen LogP contribution in [-0.2, 0) is 17.5 Å². The van der Waals surface area contributed by atoms with Crippen molar-refractivity contribution in [3.63, 3.8) is 0 Å². The van der Waals surface area contributed by atoms with E-state index < -0.39 is 17.8 Å². The number of rotatable bonds is 4. The summed E-state index contributed by atoms with van der Waals surface area (Å²) < 4.78 is 38.6. The molecule has 1 aromatic carbocycles. The maximum atomic E-state index is 12.5. The van der Waals surface area contributed by atoms with Crippen molar-refractivity contribution < 1.29 is 18.0 Å². The molecule has 1 N–H and O–H groups in total. The number of hydrogen-bond donors (Lipinski definition) is 1. The molecule has 0 spiro atoms. The van der Waals surface area contributed by atoms with Crippen molar-refractivity contribution in [1.82, 2.24) is 9.78 Å². The lowest BCUT2D eigenvalue weighted by Crippen LogP contribution is -2.21. The number of aromatic nitrogens is 2. The Kier molecular flexibility index (Phi) is 4.69. The summed E-state index contributed by atoms with van der Waals surface area (Å²) in [6, 6.07) is 6.63. The van der Waals surface area contributed by atoms with Gasteiger partial charge in [-0.25, -0.2) is 0 Å². The molecule has 0 bridgehead atoms. The van der Waals surface area contributed by atoms with Crippen molar-refractivity contribution in [3.05, 3.63) is 41.7 Å². The van der Waals surface area contributed by atoms with Crippen LogP contribution >= 0.6 is 0 Å². The first-order chi connectivity index (χ1) is 11.8. The van der Waals surface area contributed by atoms with E-state index in [1.807, 2.05) is 25.1 Å². The Labute approximate surface area is 143 Å². The Morgan fingerprint density at radius 3 is 2.56 bits per heavy atom. The van der Waals surface area contributed by atoms with Crippen molar-refractivity contribution in [2.24, 2.45) is 0 Å². The van der Waals surface area contributed by atoms with Crippen molar-refractivity contribution >= 4 is 17.3 Å². The van der Waals surface area contributed by atoms with Gasteiger partial charge in [0.2, 0.25) is 5.91 Å². The SMILES string of the molecule is Cc1cc(N2CCCC2)ccc1NC(=O)Cn1ccc(C(F)(F)F)n1. The van der Waals surface area contributed by atoms with Crippen molar-refractivity contribution in [2.45, 2.75) is 32.5 Å². The smallest absolute Gasteiger partial charge is 0.372 e. The molecule has 134 valence electrons. The summed E-state index contributed by atoms with van der Waals surface area (Å²) in [5, 5.41) is 6.10. The van der Waals surface area contributed by atoms with Gasteiger partial charge in [-0.15, -0.1) is 0 Å². The van der Waals surface area contributed by atoms with Crippen molar-refractivity contribution in [2.75, 3.05) is 23.3 Å². The van der Waals surface area contributed by atoms with Gasteiger partial charge < -0.3 is 10.2 Å². The number of anilines is 2. The lowest BCUT2D eigenvalue weighted by atomic mass is 10.1. The van der Waals surface area contributed by atoms with Crippen molar-refractivity contribution in [1.29, 1.82) is 0 Å². The summed E-state index contributed by atoms with van der Waals surface area (Å²) in [6.45, 7) is 3.69. The monoisotopic (exact) mass is 352 g/mol. The molecule has 1 amide bonds. The molecule has 5 nitrogen and oxygen atoms in total. The summed E-state index contributed by atoms with van der Waals surface area (Å²) in [6.07, 6.45) is -1.00. The minimum atomic E-state index is -4.51. The molecular weight excluding hydrogens is 333 g/mol. The number of carbonyl (C=O) groups excluding carboxylic acids is 1. The van der Waals surface area contributed by atoms with Crippen LogP contribution in [0, 0.1) is 6.92 Å². The van der Waals surface area contributed by atoms with E-state index in [9.17, 15) is 18.0 Å². The third-order valence-corrected chi connectivity index (χ3v) is 4.19. The molecule has 25 heavy (non-hydrogen) atoms. The molecule has 1 aliphatic heterocycles. The molecular formula is C17H19F3N4O. The van der Waals surface area contributed by atoms with Crippen LogP contribution in [0.3, 0.4) is 0 Å². The zero-order valence-corrected chi connectivity index (χ0v) is 13.8. The van der Waals surface area contributed by atoms with Gasteiger partial charge in [0.1, 0.15) is 6.54 Å². The Hall–Kier alpha value is -2.51. The van der Waals surface area contributed by atoms with Crippen LogP contribution in [0.4, 0.5) is 24.5 Å². The van der Waals surface area contributed by atoms with Crippen molar-refractivity contribution in [3.8, 4) is 0 Å². The van der Waals surface area contributed by atoms with E-state index in [1.165, 1.54) is 12.8 Å². The zero-order valence-electron chi connectivity index (χ0n) is 13.8. The van der Waals surface area contributed by atoms with Gasteiger partial charge in [0.25, 0.3) is 0 Å². The van der Waals surface area contributed by atoms with Gasteiger partial charge in [-0.2, -0.15) is 18.3 Å². The lowest BCUT2D eigenvalue weighted by Gasteiger charge is -2.19. The second-order valence-corrected chi connectivity index (χ2v) is 6.14. The van der Waals surface area contributed by atoms with E-state index in [-0.39, 0.29) is 6.54 Å². The van der Waals surface area contributed by atoms with Crippen LogP contribution < -0.4 is 10.2 Å². The number of amides is 1. The molecule has 1 saturated heterocycles. The van der Waals surface area contributed by atoms with Crippen LogP contribution in [0.25, 0.3) is 0 Å². The number of halogens is 3. The third kappa shape index (κ3) is 4.12. The van der Waals surface area contributed by atoms with Gasteiger partial charge in [0.15, 0.2) is 5.69 Å². The van der Waals surface area contributed by atoms with E-state index in [4.69, 9.17) is 0 Å². The first kappa shape index (κ1) is 17.3. The number of aryl methyl sites for hydroxylation is 1. The van der Waals surface area contributed by atoms with Crippen LogP contribution in [0.5, 0.6) is 0 Å². The van der Waals surface area contributed by atoms with Crippen LogP contribution in [0.1, 0.15) is 24.1 Å². The molecule has 2 aromatic rings. The van der Waals surface area contributed by atoms with Crippen LogP contribution in [-0.4, -0.2) is 28.8 Å². The predicted molar refractivity (Wildman–Crippen MR) is 88.5 cm³/mol. The summed E-state index contributed by atoms with van der Waals surface area (Å²) in [5.41, 5.74) is 1.67. The fraction of sp³-hybridized carbons (Fsp3) is 0.412. The zero-order chi connectivity index (χ0) is 18.0. The van der Waals surface area contributed by atoms with Gasteiger partial charge >= 0.3 is 6.18 Å². The largest absolute Gasteiger partial charge is 0.435 e. The molecule has 1 aliphatic rings. The number of alkyl halides is 3. The van der Waals surface area contributed by atoms with E-state index in [0.29, 0.717) is 5.69 Å². The van der Waals surface area contributed by atoms with Gasteiger partial charge in [0.05, 0.1) is 0 Å². The summed E-state index contributed by atoms with van der Waals surface area (Å²) in [5.74, 6) is -0.422. The highest BCUT2D eigenvalue weighted by molar-refractivity contribution is 5.91. The average molecular weight is 352 g/mol. The van der Waals surface area contributed by atoms with E-state index in [1.54, 1.807) is 0 Å². The van der Waals surface area contributed by atoms with Gasteiger partial charge in [-0.3, -0.25) is 9.48 Å². The molecule has 0 atom stereocenters. The minimum absolute atomic E-state index is 0.274. The molecule has 0 unspecified atom stereocenters. The van der Waals surface area contributed by atoms with E-state index >= 15 is 0 Å². The van der Waals surface area contributed by atoms with Gasteiger partial charge in [0, 0.05) is 30.7 Å². The normalized spacial score (nSPS) is 14.8. The first-order valence-corrected chi connectivity index (χ1v) is 8.09. The maximum absolute atomic E-state index is 12.5. The molecule has 0 aliphatic carbocycles. The minimum Gasteiger partial charge on any atom is -0.372 e. The fourth-order valence-corrected chi connectivity index (χ4v) is 2.90. The Balaban J connectivity index is 1.63. The fourth-order valence-electron chi connectivity index (χ4n) is 2.90. The Morgan fingerprint density at radius 1 is 1.24 bits per heavy atom. The second kappa shape index (κ2) is 6.78. The molecule has 0 saturated carbocycles. The summed E-state index contributed by atoms with van der Waals surface area (Å²) in [7, 11) is 0. The van der Waals surface area contributed by atoms with Crippen LogP contribution in [0.15, 0.2) is 30.5 Å². The predicted octanol–water partition coefficient (Wildman–Crippen LogP) is 3.45. The topological polar surface area (TPSA) is 50.2 Å². The van der Waals surface area contributed by atoms with E-state index in [2.05, 4.69) is 15.3 Å². The van der Waals surface area contributed by atoms with Gasteiger partial charge in [-0.1, -0.05) is 0 Å². The third-order valence-electron chi connectivity index (χ3n) is 4.19. The lowest BCUT2D eigenvalue weighted by molar-refractivity contribution is -0.141. The first-order valence-electron chi connectivity index (χ1n) is 8.09. The molecule has 8 heteroatoms. The Bertz CT molecular complexity index is 763. The number of hydrogen-bond acceptors (Lipinski definition) is 3. The molecule has 0 radical (unpaired) electrons. The number of carbonyl (C=O) groups is 1. The maximum Gasteiger partial charge on any atom is 0.435 e. The second-order valence-electron chi connectivity index (χ2n) is 6.14. The van der Waals surface area contributed by atoms with E-state index in [0.717, 1.165) is 41.3 Å². The molecule has 1 fully saturated rings. The summed E-state index contributed by atoms with van der Waals surface area (Å²) >= 11 is 0.